The van der Waals surface area contributed by atoms with Crippen molar-refractivity contribution in [3.8, 4) is 5.75 Å². The van der Waals surface area contributed by atoms with Crippen LogP contribution in [0.3, 0.4) is 0 Å². The molecule has 5 nitrogen and oxygen atoms in total. The molecule has 3 aromatic carbocycles. The van der Waals surface area contributed by atoms with Crippen LogP contribution in [0.15, 0.2) is 84.9 Å². The number of allylic oxidation sites excluding steroid dienone is 1. The molecule has 5 heteroatoms. The lowest BCUT2D eigenvalue weighted by atomic mass is 10.1. The van der Waals surface area contributed by atoms with Crippen molar-refractivity contribution in [2.75, 3.05) is 0 Å². The predicted octanol–water partition coefficient (Wildman–Crippen LogP) is 5.07. The molecule has 134 valence electrons. The number of hydrogen-bond donors (Lipinski definition) is 0. The van der Waals surface area contributed by atoms with Gasteiger partial charge in [-0.3, -0.25) is 14.9 Å². The molecule has 0 atom stereocenters. The van der Waals surface area contributed by atoms with Crippen molar-refractivity contribution >= 4 is 17.5 Å². The Morgan fingerprint density at radius 2 is 1.59 bits per heavy atom. The first-order chi connectivity index (χ1) is 13.1. The lowest BCUT2D eigenvalue weighted by Crippen LogP contribution is -1.95. The van der Waals surface area contributed by atoms with Gasteiger partial charge in [0, 0.05) is 17.7 Å². The zero-order valence-electron chi connectivity index (χ0n) is 14.4. The van der Waals surface area contributed by atoms with Crippen LogP contribution < -0.4 is 4.74 Å². The molecule has 27 heavy (non-hydrogen) atoms. The second-order valence-electron chi connectivity index (χ2n) is 5.84. The van der Waals surface area contributed by atoms with Crippen LogP contribution in [0.5, 0.6) is 5.75 Å². The number of ketones is 1. The molecule has 0 spiro atoms. The van der Waals surface area contributed by atoms with Crippen molar-refractivity contribution in [1.82, 2.24) is 0 Å². The van der Waals surface area contributed by atoms with E-state index in [9.17, 15) is 14.9 Å². The lowest BCUT2D eigenvalue weighted by molar-refractivity contribution is -0.384. The molecule has 0 saturated carbocycles. The van der Waals surface area contributed by atoms with Crippen LogP contribution in [0.1, 0.15) is 21.5 Å². The largest absolute Gasteiger partial charge is 0.489 e. The van der Waals surface area contributed by atoms with E-state index in [1.54, 1.807) is 6.08 Å². The number of benzene rings is 3. The molecular formula is C22H17NO4. The highest BCUT2D eigenvalue weighted by atomic mass is 16.6. The second-order valence-corrected chi connectivity index (χ2v) is 5.84. The third-order valence-corrected chi connectivity index (χ3v) is 3.92. The molecule has 3 aromatic rings. The molecule has 0 bridgehead atoms. The molecule has 0 aliphatic carbocycles. The average Bonchev–Trinajstić information content (AvgIpc) is 2.72. The first kappa shape index (κ1) is 18.1. The van der Waals surface area contributed by atoms with Gasteiger partial charge in [0.15, 0.2) is 5.78 Å². The van der Waals surface area contributed by atoms with Gasteiger partial charge in [-0.15, -0.1) is 0 Å². The Kier molecular flexibility index (Phi) is 5.74. The summed E-state index contributed by atoms with van der Waals surface area (Å²) in [5.74, 6) is 0.534. The van der Waals surface area contributed by atoms with Gasteiger partial charge < -0.3 is 4.74 Å². The van der Waals surface area contributed by atoms with Crippen LogP contribution in [-0.4, -0.2) is 10.7 Å². The standard InChI is InChI=1S/C22H17NO4/c24-22(19-9-11-20(12-10-19)23(25)26)15-8-17-6-13-21(14-7-17)27-16-18-4-2-1-3-5-18/h1-15H,16H2/b15-8+. The van der Waals surface area contributed by atoms with Crippen LogP contribution in [0.4, 0.5) is 5.69 Å². The average molecular weight is 359 g/mol. The number of carbonyl (C=O) groups is 1. The first-order valence-corrected chi connectivity index (χ1v) is 8.35. The first-order valence-electron chi connectivity index (χ1n) is 8.35. The van der Waals surface area contributed by atoms with Crippen molar-refractivity contribution in [1.29, 1.82) is 0 Å². The van der Waals surface area contributed by atoms with E-state index in [1.165, 1.54) is 30.3 Å². The van der Waals surface area contributed by atoms with Crippen LogP contribution in [0.2, 0.25) is 0 Å². The minimum absolute atomic E-state index is 0.0402. The van der Waals surface area contributed by atoms with E-state index in [1.807, 2.05) is 54.6 Å². The van der Waals surface area contributed by atoms with E-state index in [2.05, 4.69) is 0 Å². The van der Waals surface area contributed by atoms with Gasteiger partial charge in [0.05, 0.1) is 4.92 Å². The number of carbonyl (C=O) groups excluding carboxylic acids is 1. The highest BCUT2D eigenvalue weighted by Crippen LogP contribution is 2.16. The predicted molar refractivity (Wildman–Crippen MR) is 104 cm³/mol. The molecule has 0 unspecified atom stereocenters. The lowest BCUT2D eigenvalue weighted by Gasteiger charge is -2.06. The summed E-state index contributed by atoms with van der Waals surface area (Å²) >= 11 is 0. The summed E-state index contributed by atoms with van der Waals surface area (Å²) in [4.78, 5) is 22.3. The molecule has 0 fully saturated rings. The monoisotopic (exact) mass is 359 g/mol. The van der Waals surface area contributed by atoms with Crippen LogP contribution in [0, 0.1) is 10.1 Å². The fraction of sp³-hybridized carbons (Fsp3) is 0.0455. The number of non-ortho nitro benzene ring substituents is 1. The number of nitro benzene ring substituents is 1. The maximum atomic E-state index is 12.1. The number of nitrogens with zero attached hydrogens (tertiary/aromatic N) is 1. The summed E-state index contributed by atoms with van der Waals surface area (Å²) in [6, 6.07) is 22.8. The third kappa shape index (κ3) is 5.12. The van der Waals surface area contributed by atoms with Crippen LogP contribution in [-0.2, 0) is 6.61 Å². The van der Waals surface area contributed by atoms with Gasteiger partial charge >= 0.3 is 0 Å². The van der Waals surface area contributed by atoms with E-state index in [0.29, 0.717) is 12.2 Å². The Hall–Kier alpha value is -3.73. The third-order valence-electron chi connectivity index (χ3n) is 3.92. The zero-order valence-corrected chi connectivity index (χ0v) is 14.4. The van der Waals surface area contributed by atoms with E-state index >= 15 is 0 Å². The maximum Gasteiger partial charge on any atom is 0.269 e. The van der Waals surface area contributed by atoms with Crippen molar-refractivity contribution in [3.63, 3.8) is 0 Å². The fourth-order valence-corrected chi connectivity index (χ4v) is 2.43. The fourth-order valence-electron chi connectivity index (χ4n) is 2.43. The van der Waals surface area contributed by atoms with Gasteiger partial charge in [0.25, 0.3) is 5.69 Å². The Labute approximate surface area is 156 Å². The zero-order chi connectivity index (χ0) is 19.1. The van der Waals surface area contributed by atoms with E-state index in [4.69, 9.17) is 4.74 Å². The van der Waals surface area contributed by atoms with Crippen LogP contribution >= 0.6 is 0 Å². The Morgan fingerprint density at radius 3 is 2.22 bits per heavy atom. The topological polar surface area (TPSA) is 69.4 Å². The molecule has 0 radical (unpaired) electrons. The second kappa shape index (κ2) is 8.58. The Bertz CT molecular complexity index is 946. The molecule has 0 aliphatic heterocycles. The smallest absolute Gasteiger partial charge is 0.269 e. The van der Waals surface area contributed by atoms with Gasteiger partial charge in [0.2, 0.25) is 0 Å². The Morgan fingerprint density at radius 1 is 0.926 bits per heavy atom. The number of ether oxygens (including phenoxy) is 1. The van der Waals surface area contributed by atoms with E-state index < -0.39 is 4.92 Å². The quantitative estimate of drug-likeness (QED) is 0.256. The summed E-state index contributed by atoms with van der Waals surface area (Å²) in [5.41, 5.74) is 2.31. The molecule has 3 rings (SSSR count). The molecular weight excluding hydrogens is 342 g/mol. The van der Waals surface area contributed by atoms with Crippen molar-refractivity contribution in [2.45, 2.75) is 6.61 Å². The summed E-state index contributed by atoms with van der Waals surface area (Å²) in [6.45, 7) is 0.495. The number of hydrogen-bond acceptors (Lipinski definition) is 4. The minimum atomic E-state index is -0.495. The molecule has 0 amide bonds. The van der Waals surface area contributed by atoms with Gasteiger partial charge in [0.1, 0.15) is 12.4 Å². The minimum Gasteiger partial charge on any atom is -0.489 e. The number of nitro groups is 1. The summed E-state index contributed by atoms with van der Waals surface area (Å²) in [6.07, 6.45) is 3.14. The van der Waals surface area contributed by atoms with Gasteiger partial charge in [-0.1, -0.05) is 48.5 Å². The van der Waals surface area contributed by atoms with Gasteiger partial charge in [-0.2, -0.15) is 0 Å². The molecule has 0 N–H and O–H groups in total. The molecule has 0 aromatic heterocycles. The molecule has 0 aliphatic rings. The van der Waals surface area contributed by atoms with E-state index in [-0.39, 0.29) is 11.5 Å². The maximum absolute atomic E-state index is 12.1. The van der Waals surface area contributed by atoms with Crippen molar-refractivity contribution in [3.05, 3.63) is 112 Å². The van der Waals surface area contributed by atoms with Crippen molar-refractivity contribution in [2.24, 2.45) is 0 Å². The van der Waals surface area contributed by atoms with Crippen molar-refractivity contribution < 1.29 is 14.5 Å². The van der Waals surface area contributed by atoms with Gasteiger partial charge in [-0.05, 0) is 41.5 Å². The summed E-state index contributed by atoms with van der Waals surface area (Å²) in [5, 5.41) is 10.6. The highest BCUT2D eigenvalue weighted by molar-refractivity contribution is 6.06. The molecule has 0 saturated heterocycles. The number of rotatable bonds is 7. The van der Waals surface area contributed by atoms with Gasteiger partial charge in [-0.25, -0.2) is 0 Å². The highest BCUT2D eigenvalue weighted by Gasteiger charge is 2.07. The Balaban J connectivity index is 1.58. The normalized spacial score (nSPS) is 10.7. The SMILES string of the molecule is O=C(/C=C/c1ccc(OCc2ccccc2)cc1)c1ccc([N+](=O)[O-])cc1. The van der Waals surface area contributed by atoms with Crippen LogP contribution in [0.25, 0.3) is 6.08 Å². The van der Waals surface area contributed by atoms with E-state index in [0.717, 1.165) is 16.9 Å². The summed E-state index contributed by atoms with van der Waals surface area (Å²) < 4.78 is 5.73. The summed E-state index contributed by atoms with van der Waals surface area (Å²) in [7, 11) is 0. The molecule has 0 heterocycles.